The highest BCUT2D eigenvalue weighted by atomic mass is 32.2. The number of hydrogen-bond acceptors (Lipinski definition) is 3. The van der Waals surface area contributed by atoms with Crippen molar-refractivity contribution in [2.75, 3.05) is 13.1 Å². The zero-order valence-electron chi connectivity index (χ0n) is 15.8. The van der Waals surface area contributed by atoms with Crippen LogP contribution in [0.3, 0.4) is 0 Å². The summed E-state index contributed by atoms with van der Waals surface area (Å²) in [5.74, 6) is 1.18. The number of rotatable bonds is 4. The van der Waals surface area contributed by atoms with Gasteiger partial charge in [-0.3, -0.25) is 0 Å². The van der Waals surface area contributed by atoms with E-state index in [0.717, 1.165) is 37.2 Å². The second kappa shape index (κ2) is 6.50. The van der Waals surface area contributed by atoms with E-state index in [1.54, 1.807) is 10.4 Å². The minimum absolute atomic E-state index is 0.162. The summed E-state index contributed by atoms with van der Waals surface area (Å²) in [5.41, 5.74) is 3.64. The first kappa shape index (κ1) is 17.7. The van der Waals surface area contributed by atoms with Gasteiger partial charge in [-0.15, -0.1) is 0 Å². The highest BCUT2D eigenvalue weighted by Crippen LogP contribution is 2.33. The lowest BCUT2D eigenvalue weighted by atomic mass is 10.1. The molecule has 0 amide bonds. The summed E-state index contributed by atoms with van der Waals surface area (Å²) < 4.78 is 30.1. The third-order valence-electron chi connectivity index (χ3n) is 5.75. The van der Waals surface area contributed by atoms with Crippen molar-refractivity contribution in [3.8, 4) is 0 Å². The normalized spacial score (nSPS) is 20.8. The van der Waals surface area contributed by atoms with E-state index in [1.807, 2.05) is 18.3 Å². The van der Waals surface area contributed by atoms with Gasteiger partial charge in [0.1, 0.15) is 5.82 Å². The quantitative estimate of drug-likeness (QED) is 0.825. The highest BCUT2D eigenvalue weighted by molar-refractivity contribution is 7.89. The summed E-state index contributed by atoms with van der Waals surface area (Å²) in [6.07, 6.45) is 5.91. The maximum atomic E-state index is 13.1. The summed E-state index contributed by atoms with van der Waals surface area (Å²) >= 11 is 0. The van der Waals surface area contributed by atoms with E-state index >= 15 is 0 Å². The van der Waals surface area contributed by atoms with E-state index in [4.69, 9.17) is 0 Å². The molecule has 0 saturated carbocycles. The fourth-order valence-electron chi connectivity index (χ4n) is 4.45. The Labute approximate surface area is 156 Å². The zero-order chi connectivity index (χ0) is 18.5. The van der Waals surface area contributed by atoms with Gasteiger partial charge in [-0.2, -0.15) is 4.31 Å². The maximum Gasteiger partial charge on any atom is 0.243 e. The Bertz CT molecular complexity index is 931. The molecule has 0 radical (unpaired) electrons. The Kier molecular flexibility index (Phi) is 4.43. The largest absolute Gasteiger partial charge is 0.330 e. The third-order valence-corrected chi connectivity index (χ3v) is 7.61. The van der Waals surface area contributed by atoms with Crippen molar-refractivity contribution in [1.29, 1.82) is 0 Å². The topological polar surface area (TPSA) is 55.2 Å². The van der Waals surface area contributed by atoms with Crippen molar-refractivity contribution >= 4 is 10.0 Å². The summed E-state index contributed by atoms with van der Waals surface area (Å²) in [6.45, 7) is 7.43. The first-order valence-electron chi connectivity index (χ1n) is 9.53. The number of imidazole rings is 1. The van der Waals surface area contributed by atoms with Crippen molar-refractivity contribution < 1.29 is 8.42 Å². The van der Waals surface area contributed by atoms with Crippen LogP contribution in [0.4, 0.5) is 0 Å². The van der Waals surface area contributed by atoms with Crippen LogP contribution in [-0.4, -0.2) is 35.4 Å². The van der Waals surface area contributed by atoms with Gasteiger partial charge in [0.2, 0.25) is 10.0 Å². The molecule has 1 aromatic carbocycles. The van der Waals surface area contributed by atoms with Crippen LogP contribution in [0, 0.1) is 6.92 Å². The first-order valence-corrected chi connectivity index (χ1v) is 11.0. The van der Waals surface area contributed by atoms with Gasteiger partial charge in [0.25, 0.3) is 0 Å². The van der Waals surface area contributed by atoms with E-state index < -0.39 is 10.0 Å². The lowest BCUT2D eigenvalue weighted by molar-refractivity contribution is 0.464. The molecule has 1 unspecified atom stereocenters. The Morgan fingerprint density at radius 1 is 1.19 bits per heavy atom. The molecule has 0 bridgehead atoms. The van der Waals surface area contributed by atoms with Crippen molar-refractivity contribution in [3.63, 3.8) is 0 Å². The molecular weight excluding hydrogens is 346 g/mol. The Balaban J connectivity index is 1.59. The maximum absolute atomic E-state index is 13.1. The molecule has 1 atom stereocenters. The van der Waals surface area contributed by atoms with Crippen LogP contribution in [0.25, 0.3) is 0 Å². The van der Waals surface area contributed by atoms with Crippen LogP contribution in [0.1, 0.15) is 61.3 Å². The predicted molar refractivity (Wildman–Crippen MR) is 102 cm³/mol. The van der Waals surface area contributed by atoms with Crippen LogP contribution in [-0.2, 0) is 22.9 Å². The third kappa shape index (κ3) is 2.89. The summed E-state index contributed by atoms with van der Waals surface area (Å²) in [7, 11) is -3.43. The van der Waals surface area contributed by atoms with Gasteiger partial charge in [0.15, 0.2) is 0 Å². The molecular formula is C20H27N3O2S. The van der Waals surface area contributed by atoms with E-state index in [0.29, 0.717) is 24.0 Å². The van der Waals surface area contributed by atoms with Gasteiger partial charge in [0.05, 0.1) is 4.90 Å². The van der Waals surface area contributed by atoms with Crippen LogP contribution >= 0.6 is 0 Å². The summed E-state index contributed by atoms with van der Waals surface area (Å²) in [4.78, 5) is 5.04. The molecule has 2 heterocycles. The van der Waals surface area contributed by atoms with Gasteiger partial charge in [-0.05, 0) is 69.7 Å². The molecule has 1 aliphatic carbocycles. The molecule has 6 heteroatoms. The number of sulfonamides is 1. The molecule has 26 heavy (non-hydrogen) atoms. The average Bonchev–Trinajstić information content (AvgIpc) is 3.32. The zero-order valence-corrected chi connectivity index (χ0v) is 16.6. The van der Waals surface area contributed by atoms with E-state index in [9.17, 15) is 8.42 Å². The Morgan fingerprint density at radius 3 is 2.73 bits per heavy atom. The smallest absolute Gasteiger partial charge is 0.243 e. The number of aromatic nitrogens is 2. The van der Waals surface area contributed by atoms with Crippen LogP contribution in [0.15, 0.2) is 29.3 Å². The molecule has 0 spiro atoms. The monoisotopic (exact) mass is 373 g/mol. The molecule has 2 aliphatic rings. The molecule has 4 rings (SSSR count). The van der Waals surface area contributed by atoms with Gasteiger partial charge < -0.3 is 4.57 Å². The van der Waals surface area contributed by atoms with E-state index in [-0.39, 0.29) is 5.92 Å². The lowest BCUT2D eigenvalue weighted by Gasteiger charge is -2.19. The number of hydrogen-bond donors (Lipinski definition) is 0. The number of benzene rings is 1. The molecule has 1 aromatic heterocycles. The molecule has 140 valence electrons. The van der Waals surface area contributed by atoms with E-state index in [2.05, 4.69) is 30.3 Å². The fourth-order valence-corrected chi connectivity index (χ4v) is 6.00. The van der Waals surface area contributed by atoms with Crippen molar-refractivity contribution in [1.82, 2.24) is 13.9 Å². The second-order valence-electron chi connectivity index (χ2n) is 7.85. The highest BCUT2D eigenvalue weighted by Gasteiger charge is 2.35. The van der Waals surface area contributed by atoms with Crippen molar-refractivity contribution in [3.05, 3.63) is 47.0 Å². The van der Waals surface area contributed by atoms with Gasteiger partial charge in [-0.25, -0.2) is 13.4 Å². The van der Waals surface area contributed by atoms with Gasteiger partial charge in [0, 0.05) is 36.9 Å². The number of aryl methyl sites for hydroxylation is 3. The van der Waals surface area contributed by atoms with Crippen molar-refractivity contribution in [2.45, 2.75) is 63.3 Å². The van der Waals surface area contributed by atoms with Crippen LogP contribution < -0.4 is 0 Å². The molecule has 1 saturated heterocycles. The molecule has 2 aromatic rings. The molecule has 5 nitrogen and oxygen atoms in total. The van der Waals surface area contributed by atoms with Gasteiger partial charge >= 0.3 is 0 Å². The second-order valence-corrected chi connectivity index (χ2v) is 9.79. The first-order chi connectivity index (χ1) is 12.4. The Morgan fingerprint density at radius 2 is 1.96 bits per heavy atom. The van der Waals surface area contributed by atoms with Gasteiger partial charge in [-0.1, -0.05) is 6.07 Å². The minimum Gasteiger partial charge on any atom is -0.330 e. The SMILES string of the molecule is Cc1cnc(C2CCN(S(=O)(=O)c3ccc4c(c3)CCC4)C2)n1C(C)C. The summed E-state index contributed by atoms with van der Waals surface area (Å²) in [6, 6.07) is 6.00. The van der Waals surface area contributed by atoms with E-state index in [1.165, 1.54) is 11.1 Å². The minimum atomic E-state index is -3.43. The standard InChI is InChI=1S/C20H27N3O2S/c1-14(2)23-15(3)12-21-20(23)18-9-10-22(13-18)26(24,25)19-8-7-16-5-4-6-17(16)11-19/h7-8,11-12,14,18H,4-6,9-10,13H2,1-3H3. The number of fused-ring (bicyclic) bond motifs is 1. The average molecular weight is 374 g/mol. The predicted octanol–water partition coefficient (Wildman–Crippen LogP) is 3.44. The summed E-state index contributed by atoms with van der Waals surface area (Å²) in [5, 5.41) is 0. The van der Waals surface area contributed by atoms with Crippen LogP contribution in [0.5, 0.6) is 0 Å². The van der Waals surface area contributed by atoms with Crippen LogP contribution in [0.2, 0.25) is 0 Å². The van der Waals surface area contributed by atoms with Crippen molar-refractivity contribution in [2.24, 2.45) is 0 Å². The molecule has 1 fully saturated rings. The Hall–Kier alpha value is -1.66. The molecule has 1 aliphatic heterocycles. The number of nitrogens with zero attached hydrogens (tertiary/aromatic N) is 3. The lowest BCUT2D eigenvalue weighted by Crippen LogP contribution is -2.29. The molecule has 0 N–H and O–H groups in total. The fraction of sp³-hybridized carbons (Fsp3) is 0.550.